The number of hydrogen-bond donors (Lipinski definition) is 0. The maximum absolute atomic E-state index is 5.53. The topological polar surface area (TPSA) is 9.23 Å². The molecule has 0 aromatic rings. The van der Waals surface area contributed by atoms with Crippen LogP contribution in [0.4, 0.5) is 0 Å². The molecule has 0 aromatic heterocycles. The second kappa shape index (κ2) is 16.7. The van der Waals surface area contributed by atoms with E-state index in [-0.39, 0.29) is 0 Å². The molecule has 0 atom stereocenters. The third-order valence-electron chi connectivity index (χ3n) is 3.19. The summed E-state index contributed by atoms with van der Waals surface area (Å²) in [6, 6.07) is 0. The first-order chi connectivity index (χ1) is 8.91. The molecule has 0 aliphatic rings. The van der Waals surface area contributed by atoms with E-state index >= 15 is 0 Å². The molecule has 1 nitrogen and oxygen atoms in total. The van der Waals surface area contributed by atoms with E-state index in [2.05, 4.69) is 26.0 Å². The highest BCUT2D eigenvalue weighted by Crippen LogP contribution is 2.06. The van der Waals surface area contributed by atoms with Crippen LogP contribution in [0.3, 0.4) is 0 Å². The molecule has 0 aliphatic heterocycles. The molecule has 0 N–H and O–H groups in total. The van der Waals surface area contributed by atoms with E-state index in [1.807, 2.05) is 0 Å². The van der Waals surface area contributed by atoms with Crippen LogP contribution in [0, 0.1) is 0 Å². The molecular weight excluding hydrogens is 220 g/mol. The summed E-state index contributed by atoms with van der Waals surface area (Å²) >= 11 is 0. The van der Waals surface area contributed by atoms with Gasteiger partial charge in [0.05, 0.1) is 0 Å². The highest BCUT2D eigenvalue weighted by Gasteiger charge is 1.89. The van der Waals surface area contributed by atoms with Gasteiger partial charge in [-0.15, -0.1) is 0 Å². The van der Waals surface area contributed by atoms with E-state index < -0.39 is 0 Å². The van der Waals surface area contributed by atoms with Gasteiger partial charge >= 0.3 is 0 Å². The van der Waals surface area contributed by atoms with Crippen molar-refractivity contribution in [2.45, 2.75) is 84.5 Å². The highest BCUT2D eigenvalue weighted by molar-refractivity contribution is 4.81. The molecule has 0 bridgehead atoms. The quantitative estimate of drug-likeness (QED) is 0.277. The summed E-state index contributed by atoms with van der Waals surface area (Å²) in [4.78, 5) is 0. The van der Waals surface area contributed by atoms with Crippen molar-refractivity contribution in [1.82, 2.24) is 0 Å². The summed E-state index contributed by atoms with van der Waals surface area (Å²) in [6.45, 7) is 6.37. The number of hydrogen-bond acceptors (Lipinski definition) is 1. The number of allylic oxidation sites excluding steroid dienone is 2. The minimum absolute atomic E-state index is 0.949. The van der Waals surface area contributed by atoms with Crippen LogP contribution in [0.15, 0.2) is 12.2 Å². The molecule has 18 heavy (non-hydrogen) atoms. The van der Waals surface area contributed by atoms with Gasteiger partial charge in [0.1, 0.15) is 0 Å². The number of rotatable bonds is 14. The minimum Gasteiger partial charge on any atom is -0.381 e. The summed E-state index contributed by atoms with van der Waals surface area (Å²) in [6.07, 6.45) is 19.1. The van der Waals surface area contributed by atoms with Crippen LogP contribution in [0.5, 0.6) is 0 Å². The Bertz CT molecular complexity index is 163. The van der Waals surface area contributed by atoms with Crippen LogP contribution in [0.25, 0.3) is 0 Å². The zero-order valence-corrected chi connectivity index (χ0v) is 12.8. The maximum atomic E-state index is 5.53. The van der Waals surface area contributed by atoms with E-state index in [0.29, 0.717) is 0 Å². The van der Waals surface area contributed by atoms with Crippen LogP contribution in [0.2, 0.25) is 0 Å². The largest absolute Gasteiger partial charge is 0.381 e. The van der Waals surface area contributed by atoms with Crippen LogP contribution < -0.4 is 0 Å². The van der Waals surface area contributed by atoms with Gasteiger partial charge in [0.15, 0.2) is 0 Å². The van der Waals surface area contributed by atoms with Crippen molar-refractivity contribution in [1.29, 1.82) is 0 Å². The lowest BCUT2D eigenvalue weighted by molar-refractivity contribution is 0.128. The van der Waals surface area contributed by atoms with Crippen LogP contribution >= 0.6 is 0 Å². The second-order valence-corrected chi connectivity index (χ2v) is 5.14. The highest BCUT2D eigenvalue weighted by atomic mass is 16.5. The molecule has 0 spiro atoms. The van der Waals surface area contributed by atoms with Crippen molar-refractivity contribution in [3.63, 3.8) is 0 Å². The van der Waals surface area contributed by atoms with E-state index in [1.54, 1.807) is 0 Å². The van der Waals surface area contributed by atoms with Crippen molar-refractivity contribution < 1.29 is 4.74 Å². The van der Waals surface area contributed by atoms with Gasteiger partial charge in [0, 0.05) is 13.2 Å². The predicted octanol–water partition coefficient (Wildman–Crippen LogP) is 5.89. The monoisotopic (exact) mass is 254 g/mol. The smallest absolute Gasteiger partial charge is 0.0466 e. The fraction of sp³-hybridized carbons (Fsp3) is 0.882. The summed E-state index contributed by atoms with van der Waals surface area (Å²) in [7, 11) is 0. The summed E-state index contributed by atoms with van der Waals surface area (Å²) in [5, 5.41) is 0. The molecule has 0 fully saturated rings. The Morgan fingerprint density at radius 2 is 1.17 bits per heavy atom. The zero-order valence-electron chi connectivity index (χ0n) is 12.8. The van der Waals surface area contributed by atoms with Crippen molar-refractivity contribution in [2.24, 2.45) is 0 Å². The molecule has 0 heterocycles. The molecule has 0 aromatic carbocycles. The Labute approximate surface area is 115 Å². The first-order valence-corrected chi connectivity index (χ1v) is 8.14. The lowest BCUT2D eigenvalue weighted by atomic mass is 10.1. The average molecular weight is 254 g/mol. The van der Waals surface area contributed by atoms with E-state index in [9.17, 15) is 0 Å². The van der Waals surface area contributed by atoms with E-state index in [1.165, 1.54) is 70.6 Å². The number of unbranched alkanes of at least 4 members (excludes halogenated alkanes) is 8. The van der Waals surface area contributed by atoms with E-state index in [4.69, 9.17) is 4.74 Å². The standard InChI is InChI=1S/C17H34O/c1-3-5-7-8-9-10-11-12-13-14-15-17-18-16-6-4-2/h11-12H,3-10,13-17H2,1-2H3/b12-11-. The van der Waals surface area contributed by atoms with Gasteiger partial charge in [0.25, 0.3) is 0 Å². The van der Waals surface area contributed by atoms with Crippen LogP contribution in [-0.4, -0.2) is 13.2 Å². The maximum Gasteiger partial charge on any atom is 0.0466 e. The Hall–Kier alpha value is -0.300. The van der Waals surface area contributed by atoms with Crippen molar-refractivity contribution in [3.05, 3.63) is 12.2 Å². The second-order valence-electron chi connectivity index (χ2n) is 5.14. The van der Waals surface area contributed by atoms with Crippen molar-refractivity contribution >= 4 is 0 Å². The van der Waals surface area contributed by atoms with Gasteiger partial charge in [0.2, 0.25) is 0 Å². The summed E-state index contributed by atoms with van der Waals surface area (Å²) in [5.74, 6) is 0. The Morgan fingerprint density at radius 3 is 1.83 bits per heavy atom. The summed E-state index contributed by atoms with van der Waals surface area (Å²) in [5.41, 5.74) is 0. The molecule has 0 rings (SSSR count). The normalized spacial score (nSPS) is 11.4. The van der Waals surface area contributed by atoms with Gasteiger partial charge < -0.3 is 4.74 Å². The molecular formula is C17H34O. The van der Waals surface area contributed by atoms with Gasteiger partial charge in [-0.25, -0.2) is 0 Å². The first-order valence-electron chi connectivity index (χ1n) is 8.14. The fourth-order valence-corrected chi connectivity index (χ4v) is 1.92. The fourth-order valence-electron chi connectivity index (χ4n) is 1.92. The predicted molar refractivity (Wildman–Crippen MR) is 82.1 cm³/mol. The Morgan fingerprint density at radius 1 is 0.611 bits per heavy atom. The molecule has 0 saturated heterocycles. The van der Waals surface area contributed by atoms with Gasteiger partial charge in [-0.1, -0.05) is 58.1 Å². The van der Waals surface area contributed by atoms with Crippen molar-refractivity contribution in [3.8, 4) is 0 Å². The first kappa shape index (κ1) is 17.7. The molecule has 1 heteroatoms. The lowest BCUT2D eigenvalue weighted by Crippen LogP contribution is -1.95. The third-order valence-corrected chi connectivity index (χ3v) is 3.19. The Balaban J connectivity index is 3.00. The minimum atomic E-state index is 0.949. The average Bonchev–Trinajstić information content (AvgIpc) is 2.39. The summed E-state index contributed by atoms with van der Waals surface area (Å²) < 4.78 is 5.53. The van der Waals surface area contributed by atoms with Gasteiger partial charge in [-0.05, 0) is 38.5 Å². The van der Waals surface area contributed by atoms with Gasteiger partial charge in [-0.2, -0.15) is 0 Å². The molecule has 0 radical (unpaired) electrons. The molecule has 108 valence electrons. The SMILES string of the molecule is CCCCCCC/C=C\CCCCOCCCC. The Kier molecular flexibility index (Phi) is 16.4. The number of ether oxygens (including phenoxy) is 1. The third kappa shape index (κ3) is 15.7. The van der Waals surface area contributed by atoms with Crippen LogP contribution in [-0.2, 0) is 4.74 Å². The molecule has 0 saturated carbocycles. The molecule has 0 unspecified atom stereocenters. The van der Waals surface area contributed by atoms with Crippen LogP contribution in [0.1, 0.15) is 84.5 Å². The van der Waals surface area contributed by atoms with Gasteiger partial charge in [-0.3, -0.25) is 0 Å². The zero-order chi connectivity index (χ0) is 13.3. The molecule has 0 aliphatic carbocycles. The lowest BCUT2D eigenvalue weighted by Gasteiger charge is -2.01. The van der Waals surface area contributed by atoms with E-state index in [0.717, 1.165) is 13.2 Å². The molecule has 0 amide bonds. The van der Waals surface area contributed by atoms with Crippen molar-refractivity contribution in [2.75, 3.05) is 13.2 Å².